The average Bonchev–Trinajstić information content (AvgIpc) is 2.67. The first-order valence-electron chi connectivity index (χ1n) is 7.90. The van der Waals surface area contributed by atoms with Crippen molar-refractivity contribution in [3.8, 4) is 11.8 Å². The van der Waals surface area contributed by atoms with Crippen molar-refractivity contribution < 1.29 is 4.74 Å². The third kappa shape index (κ3) is 3.03. The van der Waals surface area contributed by atoms with E-state index < -0.39 is 5.92 Å². The number of hydrogen-bond donors (Lipinski definition) is 2. The minimum atomic E-state index is -0.478. The van der Waals surface area contributed by atoms with Gasteiger partial charge in [0.15, 0.2) is 0 Å². The van der Waals surface area contributed by atoms with E-state index in [2.05, 4.69) is 11.1 Å². The molecule has 0 aromatic heterocycles. The van der Waals surface area contributed by atoms with Gasteiger partial charge in [0.1, 0.15) is 11.6 Å². The number of nitriles is 1. The number of halogens is 1. The van der Waals surface area contributed by atoms with Gasteiger partial charge in [-0.2, -0.15) is 5.26 Å². The van der Waals surface area contributed by atoms with Crippen molar-refractivity contribution in [2.24, 2.45) is 16.5 Å². The van der Waals surface area contributed by atoms with E-state index in [0.717, 1.165) is 11.1 Å². The molecule has 1 unspecified atom stereocenters. The fourth-order valence-corrected chi connectivity index (χ4v) is 3.23. The third-order valence-electron chi connectivity index (χ3n) is 4.26. The van der Waals surface area contributed by atoms with E-state index in [1.165, 1.54) is 6.20 Å². The summed E-state index contributed by atoms with van der Waals surface area (Å²) in [5.41, 5.74) is 15.0. The van der Waals surface area contributed by atoms with Gasteiger partial charge >= 0.3 is 0 Å². The smallest absolute Gasteiger partial charge is 0.129 e. The third-order valence-corrected chi connectivity index (χ3v) is 4.61. The molecule has 0 saturated heterocycles. The standard InChI is InChI=1S/C20H17ClN4O/c1-26-13-8-6-12(7-9-13)19-15(10-22)18(16(11-23)20(24)25-19)14-4-2-3-5-17(14)21/h2-9,11,18H,23H2,1H3,(H2,24,25)/b16-11-. The first kappa shape index (κ1) is 17.6. The SMILES string of the molecule is COc1ccc(C2=C(C#N)C(c3ccccc3Cl)/C(=C/N)C(N)=N2)cc1. The lowest BCUT2D eigenvalue weighted by Crippen LogP contribution is -2.26. The normalized spacial score (nSPS) is 18.4. The summed E-state index contributed by atoms with van der Waals surface area (Å²) in [6.45, 7) is 0. The molecule has 26 heavy (non-hydrogen) atoms. The van der Waals surface area contributed by atoms with Crippen LogP contribution in [0, 0.1) is 11.3 Å². The molecule has 3 rings (SSSR count). The van der Waals surface area contributed by atoms with Crippen molar-refractivity contribution >= 4 is 23.1 Å². The van der Waals surface area contributed by atoms with Gasteiger partial charge in [-0.1, -0.05) is 29.8 Å². The molecule has 6 heteroatoms. The number of benzene rings is 2. The number of aliphatic imine (C=N–C) groups is 1. The van der Waals surface area contributed by atoms with Crippen molar-refractivity contribution in [1.82, 2.24) is 0 Å². The number of allylic oxidation sites excluding steroid dienone is 1. The predicted molar refractivity (Wildman–Crippen MR) is 104 cm³/mol. The van der Waals surface area contributed by atoms with E-state index >= 15 is 0 Å². The number of hydrogen-bond acceptors (Lipinski definition) is 5. The number of methoxy groups -OCH3 is 1. The lowest BCUT2D eigenvalue weighted by Gasteiger charge is -2.26. The van der Waals surface area contributed by atoms with E-state index in [-0.39, 0.29) is 5.84 Å². The second-order valence-corrected chi connectivity index (χ2v) is 6.08. The van der Waals surface area contributed by atoms with Crippen LogP contribution >= 0.6 is 11.6 Å². The summed E-state index contributed by atoms with van der Waals surface area (Å²) < 4.78 is 5.19. The maximum absolute atomic E-state index is 9.89. The molecular weight excluding hydrogens is 348 g/mol. The molecule has 130 valence electrons. The Morgan fingerprint density at radius 1 is 1.19 bits per heavy atom. The predicted octanol–water partition coefficient (Wildman–Crippen LogP) is 3.58. The quantitative estimate of drug-likeness (QED) is 0.869. The lowest BCUT2D eigenvalue weighted by atomic mass is 9.81. The Morgan fingerprint density at radius 2 is 1.88 bits per heavy atom. The summed E-state index contributed by atoms with van der Waals surface area (Å²) in [7, 11) is 1.59. The number of amidine groups is 1. The van der Waals surface area contributed by atoms with Gasteiger partial charge in [0.2, 0.25) is 0 Å². The molecular formula is C20H17ClN4O. The summed E-state index contributed by atoms with van der Waals surface area (Å²) in [6, 6.07) is 16.9. The van der Waals surface area contributed by atoms with Crippen LogP contribution in [0.15, 0.2) is 70.9 Å². The highest BCUT2D eigenvalue weighted by Gasteiger charge is 2.32. The zero-order valence-corrected chi connectivity index (χ0v) is 14.9. The van der Waals surface area contributed by atoms with E-state index in [0.29, 0.717) is 27.6 Å². The maximum atomic E-state index is 9.89. The largest absolute Gasteiger partial charge is 0.497 e. The monoisotopic (exact) mass is 364 g/mol. The molecule has 4 N–H and O–H groups in total. The van der Waals surface area contributed by atoms with Crippen LogP contribution in [0.3, 0.4) is 0 Å². The molecule has 1 aliphatic rings. The Hall–Kier alpha value is -3.23. The van der Waals surface area contributed by atoms with Crippen molar-refractivity contribution in [3.63, 3.8) is 0 Å². The molecule has 5 nitrogen and oxygen atoms in total. The molecule has 0 bridgehead atoms. The minimum Gasteiger partial charge on any atom is -0.497 e. The van der Waals surface area contributed by atoms with Gasteiger partial charge in [0.05, 0.1) is 30.4 Å². The second kappa shape index (κ2) is 7.34. The van der Waals surface area contributed by atoms with Crippen LogP contribution in [0.4, 0.5) is 0 Å². The lowest BCUT2D eigenvalue weighted by molar-refractivity contribution is 0.415. The van der Waals surface area contributed by atoms with Crippen LogP contribution in [0.2, 0.25) is 5.02 Å². The summed E-state index contributed by atoms with van der Waals surface area (Å²) in [5, 5.41) is 10.4. The Kier molecular flexibility index (Phi) is 4.97. The van der Waals surface area contributed by atoms with E-state index in [4.69, 9.17) is 27.8 Å². The van der Waals surface area contributed by atoms with Crippen LogP contribution < -0.4 is 16.2 Å². The van der Waals surface area contributed by atoms with Gasteiger partial charge in [0, 0.05) is 22.4 Å². The van der Waals surface area contributed by atoms with Gasteiger partial charge in [-0.3, -0.25) is 0 Å². The molecule has 0 radical (unpaired) electrons. The van der Waals surface area contributed by atoms with Gasteiger partial charge in [-0.05, 0) is 35.9 Å². The molecule has 0 saturated carbocycles. The minimum absolute atomic E-state index is 0.266. The van der Waals surface area contributed by atoms with Crippen LogP contribution in [-0.4, -0.2) is 12.9 Å². The Labute approximate surface area is 156 Å². The van der Waals surface area contributed by atoms with Crippen molar-refractivity contribution in [2.75, 3.05) is 7.11 Å². The first-order chi connectivity index (χ1) is 12.6. The van der Waals surface area contributed by atoms with Gasteiger partial charge in [-0.25, -0.2) is 4.99 Å². The zero-order chi connectivity index (χ0) is 18.7. The molecule has 1 heterocycles. The van der Waals surface area contributed by atoms with Crippen molar-refractivity contribution in [2.45, 2.75) is 5.92 Å². The molecule has 2 aromatic rings. The number of ether oxygens (including phenoxy) is 1. The molecule has 1 aliphatic heterocycles. The van der Waals surface area contributed by atoms with E-state index in [1.54, 1.807) is 13.2 Å². The molecule has 0 spiro atoms. The van der Waals surface area contributed by atoms with E-state index in [1.807, 2.05) is 42.5 Å². The molecule has 2 aromatic carbocycles. The van der Waals surface area contributed by atoms with Crippen LogP contribution in [0.1, 0.15) is 17.0 Å². The highest BCUT2D eigenvalue weighted by atomic mass is 35.5. The Balaban J connectivity index is 2.24. The molecule has 0 aliphatic carbocycles. The number of rotatable bonds is 3. The molecule has 1 atom stereocenters. The van der Waals surface area contributed by atoms with Gasteiger partial charge in [0.25, 0.3) is 0 Å². The van der Waals surface area contributed by atoms with E-state index in [9.17, 15) is 5.26 Å². The summed E-state index contributed by atoms with van der Waals surface area (Å²) in [4.78, 5) is 4.44. The Bertz CT molecular complexity index is 968. The van der Waals surface area contributed by atoms with Gasteiger partial charge < -0.3 is 16.2 Å². The fourth-order valence-electron chi connectivity index (χ4n) is 2.99. The van der Waals surface area contributed by atoms with Gasteiger partial charge in [-0.15, -0.1) is 0 Å². The summed E-state index contributed by atoms with van der Waals surface area (Å²) >= 11 is 6.39. The van der Waals surface area contributed by atoms with Crippen LogP contribution in [0.5, 0.6) is 5.75 Å². The van der Waals surface area contributed by atoms with Crippen molar-refractivity contribution in [1.29, 1.82) is 5.26 Å². The second-order valence-electron chi connectivity index (χ2n) is 5.68. The first-order valence-corrected chi connectivity index (χ1v) is 8.28. The van der Waals surface area contributed by atoms with Crippen LogP contribution in [0.25, 0.3) is 5.70 Å². The summed E-state index contributed by atoms with van der Waals surface area (Å²) in [6.07, 6.45) is 1.38. The molecule has 0 amide bonds. The van der Waals surface area contributed by atoms with Crippen LogP contribution in [-0.2, 0) is 0 Å². The topological polar surface area (TPSA) is 97.4 Å². The maximum Gasteiger partial charge on any atom is 0.129 e. The molecule has 0 fully saturated rings. The fraction of sp³-hybridized carbons (Fsp3) is 0.100. The number of nitrogens with two attached hydrogens (primary N) is 2. The number of nitrogens with zero attached hydrogens (tertiary/aromatic N) is 2. The highest BCUT2D eigenvalue weighted by Crippen LogP contribution is 2.42. The highest BCUT2D eigenvalue weighted by molar-refractivity contribution is 6.31. The zero-order valence-electron chi connectivity index (χ0n) is 14.1. The Morgan fingerprint density at radius 3 is 2.46 bits per heavy atom. The summed E-state index contributed by atoms with van der Waals surface area (Å²) in [5.74, 6) is 0.501. The van der Waals surface area contributed by atoms with Crippen molar-refractivity contribution in [3.05, 3.63) is 82.0 Å². The average molecular weight is 365 g/mol.